The summed E-state index contributed by atoms with van der Waals surface area (Å²) in [5.74, 6) is 0.217. The van der Waals surface area contributed by atoms with Crippen LogP contribution in [-0.4, -0.2) is 10.2 Å². The van der Waals surface area contributed by atoms with Crippen molar-refractivity contribution >= 4 is 28.4 Å². The van der Waals surface area contributed by atoms with Gasteiger partial charge >= 0.3 is 0 Å². The number of benzene rings is 5. The molecule has 0 aliphatic carbocycles. The number of hydrogen-bond donors (Lipinski definition) is 5. The topological polar surface area (TPSA) is 90.5 Å². The summed E-state index contributed by atoms with van der Waals surface area (Å²) in [6.45, 7) is 1.94. The Bertz CT molecular complexity index is 1480. The highest BCUT2D eigenvalue weighted by molar-refractivity contribution is 5.64. The lowest BCUT2D eigenvalue weighted by atomic mass is 9.79. The van der Waals surface area contributed by atoms with Crippen molar-refractivity contribution in [3.63, 3.8) is 0 Å². The first-order valence-corrected chi connectivity index (χ1v) is 12.1. The largest absolute Gasteiger partial charge is 0.508 e. The van der Waals surface area contributed by atoms with E-state index in [1.165, 1.54) is 0 Å². The maximum absolute atomic E-state index is 12.3. The molecule has 184 valence electrons. The highest BCUT2D eigenvalue weighted by Crippen LogP contribution is 2.39. The molecule has 5 rings (SSSR count). The van der Waals surface area contributed by atoms with Crippen LogP contribution < -0.4 is 16.4 Å². The number of nitrogen functional groups attached to an aromatic ring is 1. The van der Waals surface area contributed by atoms with Gasteiger partial charge in [0.15, 0.2) is 0 Å². The van der Waals surface area contributed by atoms with E-state index >= 15 is 0 Å². The lowest BCUT2D eigenvalue weighted by Crippen LogP contribution is -2.29. The number of nitrogens with one attached hydrogen (secondary N) is 2. The van der Waals surface area contributed by atoms with Crippen LogP contribution in [0.15, 0.2) is 121 Å². The Hall–Kier alpha value is -4.74. The van der Waals surface area contributed by atoms with E-state index in [1.807, 2.05) is 116 Å². The summed E-state index contributed by atoms with van der Waals surface area (Å²) in [6, 6.07) is 38.0. The molecule has 0 bridgehead atoms. The average molecular weight is 488 g/mol. The fourth-order valence-electron chi connectivity index (χ4n) is 4.39. The van der Waals surface area contributed by atoms with Gasteiger partial charge in [0.1, 0.15) is 11.4 Å². The maximum Gasteiger partial charge on any atom is 0.140 e. The molecule has 5 aromatic carbocycles. The van der Waals surface area contributed by atoms with Gasteiger partial charge in [-0.2, -0.15) is 0 Å². The fraction of sp³-hybridized carbons (Fsp3) is 0.0625. The number of aromatic hydroxyl groups is 1. The van der Waals surface area contributed by atoms with Crippen molar-refractivity contribution in [3.8, 4) is 5.75 Å². The molecule has 0 fully saturated rings. The Morgan fingerprint density at radius 1 is 0.568 bits per heavy atom. The van der Waals surface area contributed by atoms with Crippen LogP contribution in [-0.2, 0) is 5.60 Å². The minimum Gasteiger partial charge on any atom is -0.508 e. The van der Waals surface area contributed by atoms with Crippen LogP contribution in [0.4, 0.5) is 28.4 Å². The molecular weight excluding hydrogens is 458 g/mol. The number of phenols is 1. The second-order valence-corrected chi connectivity index (χ2v) is 9.10. The van der Waals surface area contributed by atoms with Gasteiger partial charge in [0, 0.05) is 28.4 Å². The summed E-state index contributed by atoms with van der Waals surface area (Å²) in [7, 11) is 0. The summed E-state index contributed by atoms with van der Waals surface area (Å²) in [5.41, 5.74) is 12.2. The molecular formula is C32H29N3O2. The fourth-order valence-corrected chi connectivity index (χ4v) is 4.39. The quantitative estimate of drug-likeness (QED) is 0.0964. The zero-order chi connectivity index (χ0) is 25.8. The number of nitrogens with two attached hydrogens (primary N) is 1. The Morgan fingerprint density at radius 2 is 1.00 bits per heavy atom. The van der Waals surface area contributed by atoms with Crippen molar-refractivity contribution in [1.29, 1.82) is 0 Å². The molecule has 0 aromatic heterocycles. The standard InChI is InChI=1S/C32H29N3O2/c1-22-21-25(11-20-31(22)33)32(37,23-7-12-27(13-8-23)34-26-5-3-2-4-6-26)24-9-14-28(15-10-24)35-29-16-18-30(36)19-17-29/h2-21,34-37H,33H2,1H3. The summed E-state index contributed by atoms with van der Waals surface area (Å²) >= 11 is 0. The number of rotatable bonds is 7. The first kappa shape index (κ1) is 24.0. The van der Waals surface area contributed by atoms with Gasteiger partial charge in [0.05, 0.1) is 0 Å². The molecule has 5 heteroatoms. The number of aryl methyl sites for hydroxylation is 1. The van der Waals surface area contributed by atoms with Crippen LogP contribution in [0.2, 0.25) is 0 Å². The van der Waals surface area contributed by atoms with E-state index in [4.69, 9.17) is 5.73 Å². The van der Waals surface area contributed by atoms with Crippen molar-refractivity contribution in [2.45, 2.75) is 12.5 Å². The third-order valence-electron chi connectivity index (χ3n) is 6.51. The highest BCUT2D eigenvalue weighted by atomic mass is 16.3. The zero-order valence-corrected chi connectivity index (χ0v) is 20.5. The third-order valence-corrected chi connectivity index (χ3v) is 6.51. The number of para-hydroxylation sites is 1. The molecule has 0 saturated heterocycles. The van der Waals surface area contributed by atoms with Gasteiger partial charge in [0.2, 0.25) is 0 Å². The van der Waals surface area contributed by atoms with E-state index in [9.17, 15) is 10.2 Å². The van der Waals surface area contributed by atoms with E-state index in [2.05, 4.69) is 10.6 Å². The van der Waals surface area contributed by atoms with Gasteiger partial charge < -0.3 is 26.6 Å². The van der Waals surface area contributed by atoms with Gasteiger partial charge in [-0.3, -0.25) is 0 Å². The number of hydrogen-bond acceptors (Lipinski definition) is 5. The van der Waals surface area contributed by atoms with Crippen molar-refractivity contribution in [2.24, 2.45) is 0 Å². The van der Waals surface area contributed by atoms with Gasteiger partial charge in [-0.1, -0.05) is 54.6 Å². The first-order chi connectivity index (χ1) is 17.9. The van der Waals surface area contributed by atoms with E-state index in [0.29, 0.717) is 5.69 Å². The van der Waals surface area contributed by atoms with E-state index in [0.717, 1.165) is 45.0 Å². The summed E-state index contributed by atoms with van der Waals surface area (Å²) in [4.78, 5) is 0. The molecule has 1 atom stereocenters. The Labute approximate surface area is 216 Å². The predicted octanol–water partition coefficient (Wildman–Crippen LogP) is 7.05. The van der Waals surface area contributed by atoms with Crippen molar-refractivity contribution in [2.75, 3.05) is 16.4 Å². The third kappa shape index (κ3) is 5.13. The molecule has 0 amide bonds. The van der Waals surface area contributed by atoms with E-state index in [-0.39, 0.29) is 5.75 Å². The molecule has 37 heavy (non-hydrogen) atoms. The van der Waals surface area contributed by atoms with E-state index < -0.39 is 5.60 Å². The van der Waals surface area contributed by atoms with Crippen molar-refractivity contribution in [3.05, 3.63) is 144 Å². The maximum atomic E-state index is 12.3. The molecule has 0 spiro atoms. The van der Waals surface area contributed by atoms with Gasteiger partial charge in [-0.25, -0.2) is 0 Å². The second kappa shape index (κ2) is 10.1. The minimum atomic E-state index is -1.39. The molecule has 0 aliphatic heterocycles. The Morgan fingerprint density at radius 3 is 1.49 bits per heavy atom. The number of phenolic OH excluding ortho intramolecular Hbond substituents is 1. The highest BCUT2D eigenvalue weighted by Gasteiger charge is 2.34. The van der Waals surface area contributed by atoms with Crippen LogP contribution in [0.3, 0.4) is 0 Å². The van der Waals surface area contributed by atoms with Gasteiger partial charge in [-0.05, 0) is 95.9 Å². The Kier molecular flexibility index (Phi) is 6.54. The lowest BCUT2D eigenvalue weighted by molar-refractivity contribution is 0.125. The van der Waals surface area contributed by atoms with Crippen LogP contribution in [0.1, 0.15) is 22.3 Å². The van der Waals surface area contributed by atoms with E-state index in [1.54, 1.807) is 12.1 Å². The van der Waals surface area contributed by atoms with Gasteiger partial charge in [-0.15, -0.1) is 0 Å². The second-order valence-electron chi connectivity index (χ2n) is 9.10. The number of anilines is 5. The normalized spacial score (nSPS) is 12.5. The molecule has 5 nitrogen and oxygen atoms in total. The smallest absolute Gasteiger partial charge is 0.140 e. The minimum absolute atomic E-state index is 0.217. The Balaban J connectivity index is 1.50. The molecule has 0 aliphatic rings. The number of aliphatic hydroxyl groups is 1. The zero-order valence-electron chi connectivity index (χ0n) is 20.5. The predicted molar refractivity (Wildman–Crippen MR) is 152 cm³/mol. The monoisotopic (exact) mass is 487 g/mol. The van der Waals surface area contributed by atoms with Crippen LogP contribution in [0, 0.1) is 6.92 Å². The molecule has 1 unspecified atom stereocenters. The molecule has 0 saturated carbocycles. The van der Waals surface area contributed by atoms with Crippen LogP contribution >= 0.6 is 0 Å². The van der Waals surface area contributed by atoms with Crippen molar-refractivity contribution < 1.29 is 10.2 Å². The first-order valence-electron chi connectivity index (χ1n) is 12.1. The SMILES string of the molecule is Cc1cc(C(O)(c2ccc(Nc3ccccc3)cc2)c2ccc(Nc3ccc(O)cc3)cc2)ccc1N. The molecule has 5 aromatic rings. The van der Waals surface area contributed by atoms with Crippen molar-refractivity contribution in [1.82, 2.24) is 0 Å². The van der Waals surface area contributed by atoms with Crippen LogP contribution in [0.5, 0.6) is 5.75 Å². The average Bonchev–Trinajstić information content (AvgIpc) is 2.92. The van der Waals surface area contributed by atoms with Gasteiger partial charge in [0.25, 0.3) is 0 Å². The summed E-state index contributed by atoms with van der Waals surface area (Å²) in [5, 5.41) is 28.6. The summed E-state index contributed by atoms with van der Waals surface area (Å²) < 4.78 is 0. The molecule has 6 N–H and O–H groups in total. The lowest BCUT2D eigenvalue weighted by Gasteiger charge is -2.31. The molecule has 0 radical (unpaired) electrons. The summed E-state index contributed by atoms with van der Waals surface area (Å²) in [6.07, 6.45) is 0. The van der Waals surface area contributed by atoms with Crippen LogP contribution in [0.25, 0.3) is 0 Å². The molecule has 0 heterocycles.